The van der Waals surface area contributed by atoms with Gasteiger partial charge in [0.15, 0.2) is 0 Å². The topological polar surface area (TPSA) is 82.5 Å². The van der Waals surface area contributed by atoms with Crippen LogP contribution in [-0.2, 0) is 4.79 Å². The first-order chi connectivity index (χ1) is 8.61. The summed E-state index contributed by atoms with van der Waals surface area (Å²) in [4.78, 5) is 15.4. The Labute approximate surface area is 104 Å². The van der Waals surface area contributed by atoms with E-state index in [2.05, 4.69) is 16.9 Å². The molecule has 0 radical (unpaired) electrons. The van der Waals surface area contributed by atoms with Crippen molar-refractivity contribution in [2.24, 2.45) is 0 Å². The average molecular weight is 242 g/mol. The van der Waals surface area contributed by atoms with Crippen molar-refractivity contribution >= 4 is 35.1 Å². The van der Waals surface area contributed by atoms with Crippen molar-refractivity contribution < 1.29 is 14.8 Å². The fourth-order valence-corrected chi connectivity index (χ4v) is 1.60. The number of carbonyl (C=O) groups excluding carboxylic acids is 1. The molecule has 0 spiro atoms. The molecule has 0 aliphatic heterocycles. The second kappa shape index (κ2) is 4.99. The summed E-state index contributed by atoms with van der Waals surface area (Å²) in [7, 11) is -1.59. The van der Waals surface area contributed by atoms with Crippen LogP contribution in [-0.4, -0.2) is 28.1 Å². The number of nitrogens with zero attached hydrogens (tertiary/aromatic N) is 1. The molecule has 1 heterocycles. The van der Waals surface area contributed by atoms with Gasteiger partial charge in [0, 0.05) is 17.0 Å². The summed E-state index contributed by atoms with van der Waals surface area (Å²) in [6.45, 7) is 3.37. The standard InChI is InChI=1S/C12H11BN2O3/c1-2-12(16)15-11-5-3-4-10-9(11)6-8(7-14-10)13(17)18/h2-7,17-18H,1H2,(H,15,16). The molecule has 0 atom stereocenters. The van der Waals surface area contributed by atoms with Crippen LogP contribution in [0.2, 0.25) is 0 Å². The van der Waals surface area contributed by atoms with Crippen LogP contribution in [0.15, 0.2) is 43.1 Å². The molecule has 0 aliphatic rings. The monoisotopic (exact) mass is 242 g/mol. The van der Waals surface area contributed by atoms with E-state index in [1.54, 1.807) is 24.3 Å². The zero-order chi connectivity index (χ0) is 13.1. The first kappa shape index (κ1) is 12.3. The summed E-state index contributed by atoms with van der Waals surface area (Å²) in [6, 6.07) is 6.81. The molecule has 0 bridgehead atoms. The van der Waals surface area contributed by atoms with Crippen LogP contribution in [0, 0.1) is 0 Å². The SMILES string of the molecule is C=CC(=O)Nc1cccc2ncc(B(O)O)cc12. The minimum atomic E-state index is -1.59. The predicted molar refractivity (Wildman–Crippen MR) is 70.4 cm³/mol. The van der Waals surface area contributed by atoms with Gasteiger partial charge in [-0.1, -0.05) is 12.6 Å². The minimum Gasteiger partial charge on any atom is -0.423 e. The highest BCUT2D eigenvalue weighted by Gasteiger charge is 2.13. The smallest absolute Gasteiger partial charge is 0.423 e. The van der Waals surface area contributed by atoms with Crippen LogP contribution in [0.3, 0.4) is 0 Å². The van der Waals surface area contributed by atoms with Crippen LogP contribution < -0.4 is 10.8 Å². The summed E-state index contributed by atoms with van der Waals surface area (Å²) in [5, 5.41) is 21.5. The summed E-state index contributed by atoms with van der Waals surface area (Å²) in [6.07, 6.45) is 2.54. The van der Waals surface area contributed by atoms with E-state index in [0.29, 0.717) is 16.6 Å². The van der Waals surface area contributed by atoms with Crippen molar-refractivity contribution in [1.29, 1.82) is 0 Å². The Balaban J connectivity index is 2.55. The lowest BCUT2D eigenvalue weighted by atomic mass is 9.81. The molecule has 3 N–H and O–H groups in total. The number of hydrogen-bond donors (Lipinski definition) is 3. The van der Waals surface area contributed by atoms with Gasteiger partial charge in [-0.25, -0.2) is 0 Å². The Morgan fingerprint density at radius 3 is 2.89 bits per heavy atom. The number of nitrogens with one attached hydrogen (secondary N) is 1. The molecule has 0 aliphatic carbocycles. The summed E-state index contributed by atoms with van der Waals surface area (Å²) < 4.78 is 0. The van der Waals surface area contributed by atoms with Crippen LogP contribution in [0.1, 0.15) is 0 Å². The van der Waals surface area contributed by atoms with Gasteiger partial charge in [0.1, 0.15) is 0 Å². The van der Waals surface area contributed by atoms with Crippen LogP contribution in [0.4, 0.5) is 5.69 Å². The molecule has 2 aromatic rings. The number of fused-ring (bicyclic) bond motifs is 1. The molecule has 5 nitrogen and oxygen atoms in total. The fourth-order valence-electron chi connectivity index (χ4n) is 1.60. The maximum Gasteiger partial charge on any atom is 0.490 e. The van der Waals surface area contributed by atoms with Crippen molar-refractivity contribution in [3.05, 3.63) is 43.1 Å². The van der Waals surface area contributed by atoms with Gasteiger partial charge < -0.3 is 15.4 Å². The molecule has 0 unspecified atom stereocenters. The number of anilines is 1. The summed E-state index contributed by atoms with van der Waals surface area (Å²) >= 11 is 0. The zero-order valence-electron chi connectivity index (χ0n) is 9.50. The molecule has 1 amide bonds. The van der Waals surface area contributed by atoms with E-state index in [-0.39, 0.29) is 11.4 Å². The molecular formula is C12H11BN2O3. The van der Waals surface area contributed by atoms with Crippen molar-refractivity contribution in [2.75, 3.05) is 5.32 Å². The van der Waals surface area contributed by atoms with Gasteiger partial charge in [-0.05, 0) is 24.3 Å². The van der Waals surface area contributed by atoms with Crippen molar-refractivity contribution in [2.45, 2.75) is 0 Å². The van der Waals surface area contributed by atoms with Crippen molar-refractivity contribution in [1.82, 2.24) is 4.98 Å². The Hall–Kier alpha value is -2.18. The average Bonchev–Trinajstić information content (AvgIpc) is 2.38. The molecule has 0 saturated carbocycles. The molecule has 1 aromatic carbocycles. The summed E-state index contributed by atoms with van der Waals surface area (Å²) in [5.74, 6) is -0.336. The van der Waals surface area contributed by atoms with E-state index in [4.69, 9.17) is 10.0 Å². The lowest BCUT2D eigenvalue weighted by molar-refractivity contribution is -0.111. The van der Waals surface area contributed by atoms with Crippen LogP contribution in [0.5, 0.6) is 0 Å². The molecule has 90 valence electrons. The Bertz CT molecular complexity index is 613. The lowest BCUT2D eigenvalue weighted by Gasteiger charge is -2.08. The normalized spacial score (nSPS) is 10.1. The van der Waals surface area contributed by atoms with Gasteiger partial charge in [0.2, 0.25) is 5.91 Å². The van der Waals surface area contributed by atoms with E-state index in [1.807, 2.05) is 0 Å². The maximum atomic E-state index is 11.3. The van der Waals surface area contributed by atoms with Crippen LogP contribution in [0.25, 0.3) is 10.9 Å². The van der Waals surface area contributed by atoms with Gasteiger partial charge in [0.05, 0.1) is 11.2 Å². The van der Waals surface area contributed by atoms with Gasteiger partial charge in [-0.15, -0.1) is 0 Å². The molecule has 0 saturated heterocycles. The Morgan fingerprint density at radius 1 is 1.44 bits per heavy atom. The van der Waals surface area contributed by atoms with Crippen molar-refractivity contribution in [3.8, 4) is 0 Å². The third-order valence-corrected chi connectivity index (χ3v) is 2.49. The first-order valence-corrected chi connectivity index (χ1v) is 5.30. The minimum absolute atomic E-state index is 0.266. The third kappa shape index (κ3) is 2.39. The zero-order valence-corrected chi connectivity index (χ0v) is 9.50. The van der Waals surface area contributed by atoms with E-state index in [1.165, 1.54) is 6.20 Å². The number of hydrogen-bond acceptors (Lipinski definition) is 4. The maximum absolute atomic E-state index is 11.3. The van der Waals surface area contributed by atoms with Crippen molar-refractivity contribution in [3.63, 3.8) is 0 Å². The predicted octanol–water partition coefficient (Wildman–Crippen LogP) is 0.0391. The number of aromatic nitrogens is 1. The van der Waals surface area contributed by atoms with Gasteiger partial charge in [-0.3, -0.25) is 9.78 Å². The molecule has 1 aromatic heterocycles. The highest BCUT2D eigenvalue weighted by Crippen LogP contribution is 2.20. The van der Waals surface area contributed by atoms with E-state index >= 15 is 0 Å². The van der Waals surface area contributed by atoms with E-state index in [9.17, 15) is 4.79 Å². The van der Waals surface area contributed by atoms with E-state index in [0.717, 1.165) is 6.08 Å². The molecule has 0 fully saturated rings. The Morgan fingerprint density at radius 2 is 2.22 bits per heavy atom. The molecule has 2 rings (SSSR count). The number of amides is 1. The first-order valence-electron chi connectivity index (χ1n) is 5.30. The van der Waals surface area contributed by atoms with Crippen LogP contribution >= 0.6 is 0 Å². The number of carbonyl (C=O) groups is 1. The number of rotatable bonds is 3. The largest absolute Gasteiger partial charge is 0.490 e. The van der Waals surface area contributed by atoms with Gasteiger partial charge in [-0.2, -0.15) is 0 Å². The lowest BCUT2D eigenvalue weighted by Crippen LogP contribution is -2.30. The number of pyridine rings is 1. The van der Waals surface area contributed by atoms with E-state index < -0.39 is 7.12 Å². The highest BCUT2D eigenvalue weighted by atomic mass is 16.4. The molecule has 18 heavy (non-hydrogen) atoms. The second-order valence-corrected chi connectivity index (χ2v) is 3.71. The highest BCUT2D eigenvalue weighted by molar-refractivity contribution is 6.58. The van der Waals surface area contributed by atoms with Gasteiger partial charge >= 0.3 is 7.12 Å². The molecular weight excluding hydrogens is 231 g/mol. The van der Waals surface area contributed by atoms with Gasteiger partial charge in [0.25, 0.3) is 0 Å². The second-order valence-electron chi connectivity index (χ2n) is 3.71. The number of benzene rings is 1. The third-order valence-electron chi connectivity index (χ3n) is 2.49. The fraction of sp³-hybridized carbons (Fsp3) is 0. The Kier molecular flexibility index (Phi) is 3.41. The quantitative estimate of drug-likeness (QED) is 0.524. The summed E-state index contributed by atoms with van der Waals surface area (Å²) in [5.41, 5.74) is 1.47. The molecule has 6 heteroatoms.